The first-order valence-electron chi connectivity index (χ1n) is 12.6. The van der Waals surface area contributed by atoms with Gasteiger partial charge in [-0.3, -0.25) is 9.59 Å². The molecule has 1 saturated carbocycles. The van der Waals surface area contributed by atoms with Crippen molar-refractivity contribution in [1.29, 1.82) is 0 Å². The van der Waals surface area contributed by atoms with Crippen LogP contribution in [0.2, 0.25) is 0 Å². The second-order valence-electron chi connectivity index (χ2n) is 9.56. The lowest BCUT2D eigenvalue weighted by Gasteiger charge is -2.27. The lowest BCUT2D eigenvalue weighted by molar-refractivity contribution is -0.140. The van der Waals surface area contributed by atoms with E-state index in [0.717, 1.165) is 30.4 Å². The number of carbonyl (C=O) groups excluding carboxylic acids is 2. The average molecular weight is 479 g/mol. The Bertz CT molecular complexity index is 1020. The number of benzene rings is 2. The summed E-state index contributed by atoms with van der Waals surface area (Å²) in [6.07, 6.45) is 2.95. The molecule has 0 spiro atoms. The molecule has 35 heavy (non-hydrogen) atoms. The number of alkyl carbamates (subject to hydrolysis) is 1. The lowest BCUT2D eigenvalue weighted by atomic mass is 9.98. The number of carboxylic acids is 1. The van der Waals surface area contributed by atoms with E-state index in [9.17, 15) is 14.4 Å². The van der Waals surface area contributed by atoms with Gasteiger partial charge in [-0.2, -0.15) is 0 Å². The highest BCUT2D eigenvalue weighted by Gasteiger charge is 2.31. The molecule has 2 amide bonds. The van der Waals surface area contributed by atoms with E-state index in [1.54, 1.807) is 4.90 Å². The predicted octanol–water partition coefficient (Wildman–Crippen LogP) is 4.65. The summed E-state index contributed by atoms with van der Waals surface area (Å²) < 4.78 is 5.61. The number of rotatable bonds is 12. The number of nitrogens with one attached hydrogen (secondary N) is 1. The first-order valence-corrected chi connectivity index (χ1v) is 12.6. The van der Waals surface area contributed by atoms with Crippen LogP contribution in [0.25, 0.3) is 11.1 Å². The number of hydrogen-bond donors (Lipinski definition) is 2. The zero-order chi connectivity index (χ0) is 24.8. The summed E-state index contributed by atoms with van der Waals surface area (Å²) in [5.74, 6) is -0.953. The Balaban J connectivity index is 1.34. The molecule has 1 fully saturated rings. The van der Waals surface area contributed by atoms with E-state index in [1.807, 2.05) is 31.2 Å². The van der Waals surface area contributed by atoms with Crippen LogP contribution in [0.4, 0.5) is 4.79 Å². The van der Waals surface area contributed by atoms with Crippen molar-refractivity contribution in [2.45, 2.75) is 44.9 Å². The van der Waals surface area contributed by atoms with Gasteiger partial charge in [-0.15, -0.1) is 0 Å². The molecule has 2 aromatic rings. The van der Waals surface area contributed by atoms with Crippen LogP contribution in [0.15, 0.2) is 48.5 Å². The van der Waals surface area contributed by atoms with Crippen molar-refractivity contribution in [3.05, 3.63) is 59.7 Å². The SMILES string of the molecule is CCCC(CNC(=O)OCC1c2ccccc2-c2ccccc21)C(=O)N(CCC(=O)O)CC1CC1. The molecule has 0 aromatic heterocycles. The number of aliphatic carboxylic acids is 1. The zero-order valence-electron chi connectivity index (χ0n) is 20.2. The molecule has 0 saturated heterocycles. The Morgan fingerprint density at radius 1 is 1.06 bits per heavy atom. The predicted molar refractivity (Wildman–Crippen MR) is 133 cm³/mol. The van der Waals surface area contributed by atoms with Crippen LogP contribution in [-0.4, -0.2) is 54.2 Å². The Morgan fingerprint density at radius 2 is 1.69 bits per heavy atom. The normalized spacial score (nSPS) is 15.1. The van der Waals surface area contributed by atoms with Gasteiger partial charge in [0.1, 0.15) is 6.61 Å². The maximum Gasteiger partial charge on any atom is 0.407 e. The van der Waals surface area contributed by atoms with Crippen molar-refractivity contribution in [3.8, 4) is 11.1 Å². The fraction of sp³-hybridized carbons (Fsp3) is 0.464. The van der Waals surface area contributed by atoms with E-state index in [-0.39, 0.29) is 37.9 Å². The topological polar surface area (TPSA) is 95.9 Å². The Labute approximate surface area is 206 Å². The van der Waals surface area contributed by atoms with Crippen molar-refractivity contribution in [2.75, 3.05) is 26.2 Å². The van der Waals surface area contributed by atoms with Gasteiger partial charge in [0.15, 0.2) is 0 Å². The summed E-state index contributed by atoms with van der Waals surface area (Å²) in [5, 5.41) is 11.9. The van der Waals surface area contributed by atoms with E-state index < -0.39 is 18.0 Å². The summed E-state index contributed by atoms with van der Waals surface area (Å²) in [7, 11) is 0. The quantitative estimate of drug-likeness (QED) is 0.463. The van der Waals surface area contributed by atoms with Gasteiger partial charge in [0.05, 0.1) is 12.3 Å². The third kappa shape index (κ3) is 6.21. The molecule has 2 aliphatic carbocycles. The molecule has 7 nitrogen and oxygen atoms in total. The Morgan fingerprint density at radius 3 is 2.26 bits per heavy atom. The number of carboxylic acid groups (broad SMARTS) is 1. The monoisotopic (exact) mass is 478 g/mol. The molecule has 1 atom stereocenters. The van der Waals surface area contributed by atoms with E-state index in [2.05, 4.69) is 29.6 Å². The molecule has 1 unspecified atom stereocenters. The fourth-order valence-electron chi connectivity index (χ4n) is 4.91. The molecule has 0 aliphatic heterocycles. The zero-order valence-corrected chi connectivity index (χ0v) is 20.2. The first-order chi connectivity index (χ1) is 17.0. The van der Waals surface area contributed by atoms with Crippen LogP contribution < -0.4 is 5.32 Å². The Hall–Kier alpha value is -3.35. The number of hydrogen-bond acceptors (Lipinski definition) is 4. The first kappa shape index (κ1) is 24.8. The number of fused-ring (bicyclic) bond motifs is 3. The van der Waals surface area contributed by atoms with Gasteiger partial charge in [-0.25, -0.2) is 4.79 Å². The standard InChI is InChI=1S/C28H34N2O5/c1-2-7-20(27(33)30(15-14-26(31)32)17-19-12-13-19)16-29-28(34)35-18-25-23-10-5-3-8-21(23)22-9-4-6-11-24(22)25/h3-6,8-11,19-20,25H,2,7,12-18H2,1H3,(H,29,34)(H,31,32). The third-order valence-corrected chi connectivity index (χ3v) is 6.91. The molecule has 7 heteroatoms. The smallest absolute Gasteiger partial charge is 0.407 e. The Kier molecular flexibility index (Phi) is 8.06. The molecule has 0 radical (unpaired) electrons. The van der Waals surface area contributed by atoms with Gasteiger partial charge in [0.25, 0.3) is 0 Å². The summed E-state index contributed by atoms with van der Waals surface area (Å²) in [5.41, 5.74) is 4.63. The van der Waals surface area contributed by atoms with E-state index in [4.69, 9.17) is 9.84 Å². The van der Waals surface area contributed by atoms with Crippen LogP contribution >= 0.6 is 0 Å². The molecule has 2 N–H and O–H groups in total. The highest BCUT2D eigenvalue weighted by atomic mass is 16.5. The van der Waals surface area contributed by atoms with Crippen molar-refractivity contribution in [2.24, 2.45) is 11.8 Å². The number of carbonyl (C=O) groups is 3. The largest absolute Gasteiger partial charge is 0.481 e. The van der Waals surface area contributed by atoms with Gasteiger partial charge < -0.3 is 20.1 Å². The summed E-state index contributed by atoms with van der Waals surface area (Å²) in [6.45, 7) is 3.19. The molecule has 4 rings (SSSR count). The van der Waals surface area contributed by atoms with Crippen molar-refractivity contribution < 1.29 is 24.2 Å². The molecule has 0 bridgehead atoms. The van der Waals surface area contributed by atoms with Crippen LogP contribution in [0.3, 0.4) is 0 Å². The third-order valence-electron chi connectivity index (χ3n) is 6.91. The maximum absolute atomic E-state index is 13.2. The van der Waals surface area contributed by atoms with Gasteiger partial charge in [-0.1, -0.05) is 61.9 Å². The second-order valence-corrected chi connectivity index (χ2v) is 9.56. The van der Waals surface area contributed by atoms with E-state index in [1.165, 1.54) is 11.1 Å². The fourth-order valence-corrected chi connectivity index (χ4v) is 4.91. The minimum atomic E-state index is -0.914. The minimum Gasteiger partial charge on any atom is -0.481 e. The van der Waals surface area contributed by atoms with Gasteiger partial charge >= 0.3 is 12.1 Å². The van der Waals surface area contributed by atoms with Gasteiger partial charge in [0, 0.05) is 25.6 Å². The number of amides is 2. The summed E-state index contributed by atoms with van der Waals surface area (Å²) in [6, 6.07) is 16.3. The minimum absolute atomic E-state index is 0.0220. The summed E-state index contributed by atoms with van der Waals surface area (Å²) >= 11 is 0. The van der Waals surface area contributed by atoms with Crippen molar-refractivity contribution in [3.63, 3.8) is 0 Å². The van der Waals surface area contributed by atoms with E-state index in [0.29, 0.717) is 18.9 Å². The van der Waals surface area contributed by atoms with Crippen LogP contribution in [0.5, 0.6) is 0 Å². The van der Waals surface area contributed by atoms with Crippen molar-refractivity contribution in [1.82, 2.24) is 10.2 Å². The molecule has 2 aliphatic rings. The number of ether oxygens (including phenoxy) is 1. The molecular weight excluding hydrogens is 444 g/mol. The highest BCUT2D eigenvalue weighted by Crippen LogP contribution is 2.44. The van der Waals surface area contributed by atoms with Gasteiger partial charge in [0.2, 0.25) is 5.91 Å². The second kappa shape index (κ2) is 11.4. The van der Waals surface area contributed by atoms with Crippen LogP contribution in [0.1, 0.15) is 56.1 Å². The van der Waals surface area contributed by atoms with Crippen LogP contribution in [0, 0.1) is 11.8 Å². The van der Waals surface area contributed by atoms with E-state index >= 15 is 0 Å². The molecule has 2 aromatic carbocycles. The molecular formula is C28H34N2O5. The maximum atomic E-state index is 13.2. The molecule has 186 valence electrons. The number of nitrogens with zero attached hydrogens (tertiary/aromatic N) is 1. The lowest BCUT2D eigenvalue weighted by Crippen LogP contribution is -2.43. The van der Waals surface area contributed by atoms with Crippen molar-refractivity contribution >= 4 is 18.0 Å². The summed E-state index contributed by atoms with van der Waals surface area (Å²) in [4.78, 5) is 38.5. The van der Waals surface area contributed by atoms with Gasteiger partial charge in [-0.05, 0) is 47.4 Å². The average Bonchev–Trinajstić information content (AvgIpc) is 3.63. The highest BCUT2D eigenvalue weighted by molar-refractivity contribution is 5.81. The van der Waals surface area contributed by atoms with Crippen LogP contribution in [-0.2, 0) is 14.3 Å². The molecule has 0 heterocycles.